The van der Waals surface area contributed by atoms with E-state index in [-0.39, 0.29) is 31.0 Å². The van der Waals surface area contributed by atoms with Crippen LogP contribution in [-0.2, 0) is 24.2 Å². The standard InChI is InChI=1S/C21H20N4O3S/c22-9-11-28-15-5-3-4-14(12-15)24-18(26)8-10-25-13-23-20-19(21(25)27)16-6-1-2-7-17(16)29-20/h3-5,12-13H,1-2,6-8,10-11H2,(H,24,26). The van der Waals surface area contributed by atoms with Gasteiger partial charge in [-0.2, -0.15) is 5.26 Å². The Morgan fingerprint density at radius 1 is 1.34 bits per heavy atom. The Morgan fingerprint density at radius 3 is 3.07 bits per heavy atom. The Hall–Kier alpha value is -3.18. The number of anilines is 1. The van der Waals surface area contributed by atoms with Crippen LogP contribution >= 0.6 is 11.3 Å². The number of nitrogens with one attached hydrogen (secondary N) is 1. The van der Waals surface area contributed by atoms with E-state index in [0.29, 0.717) is 11.4 Å². The van der Waals surface area contributed by atoms with Gasteiger partial charge in [-0.15, -0.1) is 11.3 Å². The first-order chi connectivity index (χ1) is 14.2. The number of rotatable bonds is 6. The van der Waals surface area contributed by atoms with Gasteiger partial charge in [0.25, 0.3) is 5.56 Å². The first-order valence-corrected chi connectivity index (χ1v) is 10.4. The molecule has 7 nitrogen and oxygen atoms in total. The van der Waals surface area contributed by atoms with Crippen LogP contribution in [0.2, 0.25) is 0 Å². The number of ether oxygens (including phenoxy) is 1. The molecule has 1 amide bonds. The molecule has 2 heterocycles. The number of benzene rings is 1. The molecule has 4 rings (SSSR count). The summed E-state index contributed by atoms with van der Waals surface area (Å²) >= 11 is 1.62. The van der Waals surface area contributed by atoms with Gasteiger partial charge in [-0.1, -0.05) is 6.07 Å². The van der Waals surface area contributed by atoms with Crippen molar-refractivity contribution in [2.45, 2.75) is 38.6 Å². The Balaban J connectivity index is 1.44. The smallest absolute Gasteiger partial charge is 0.262 e. The topological polar surface area (TPSA) is 97.0 Å². The van der Waals surface area contributed by atoms with Crippen molar-refractivity contribution in [3.63, 3.8) is 0 Å². The van der Waals surface area contributed by atoms with Gasteiger partial charge in [0.05, 0.1) is 11.7 Å². The van der Waals surface area contributed by atoms with Gasteiger partial charge < -0.3 is 10.1 Å². The molecule has 8 heteroatoms. The van der Waals surface area contributed by atoms with E-state index in [1.165, 1.54) is 15.8 Å². The van der Waals surface area contributed by atoms with Crippen molar-refractivity contribution < 1.29 is 9.53 Å². The first kappa shape index (κ1) is 19.2. The lowest BCUT2D eigenvalue weighted by Gasteiger charge is -2.11. The summed E-state index contributed by atoms with van der Waals surface area (Å²) in [5.41, 5.74) is 1.68. The predicted octanol–water partition coefficient (Wildman–Crippen LogP) is 3.27. The summed E-state index contributed by atoms with van der Waals surface area (Å²) in [6.07, 6.45) is 5.92. The average molecular weight is 408 g/mol. The minimum Gasteiger partial charge on any atom is -0.479 e. The number of thiophene rings is 1. The van der Waals surface area contributed by atoms with Gasteiger partial charge >= 0.3 is 0 Å². The number of amides is 1. The highest BCUT2D eigenvalue weighted by Gasteiger charge is 2.20. The molecule has 0 fully saturated rings. The van der Waals surface area contributed by atoms with Crippen LogP contribution in [0.3, 0.4) is 0 Å². The van der Waals surface area contributed by atoms with Gasteiger partial charge in [0.1, 0.15) is 16.6 Å². The predicted molar refractivity (Wildman–Crippen MR) is 111 cm³/mol. The Morgan fingerprint density at radius 2 is 2.21 bits per heavy atom. The van der Waals surface area contributed by atoms with E-state index in [4.69, 9.17) is 10.00 Å². The Bertz CT molecular complexity index is 1160. The number of nitrogens with zero attached hydrogens (tertiary/aromatic N) is 3. The lowest BCUT2D eigenvalue weighted by molar-refractivity contribution is -0.116. The van der Waals surface area contributed by atoms with Gasteiger partial charge in [0.15, 0.2) is 6.61 Å². The molecule has 148 valence electrons. The molecule has 1 N–H and O–H groups in total. The van der Waals surface area contributed by atoms with E-state index >= 15 is 0 Å². The number of aryl methyl sites for hydroxylation is 3. The summed E-state index contributed by atoms with van der Waals surface area (Å²) in [7, 11) is 0. The molecule has 1 aliphatic carbocycles. The summed E-state index contributed by atoms with van der Waals surface area (Å²) in [5.74, 6) is 0.305. The summed E-state index contributed by atoms with van der Waals surface area (Å²) < 4.78 is 6.76. The maximum atomic E-state index is 12.9. The zero-order valence-corrected chi connectivity index (χ0v) is 16.6. The van der Waals surface area contributed by atoms with Gasteiger partial charge in [-0.05, 0) is 43.4 Å². The van der Waals surface area contributed by atoms with E-state index < -0.39 is 0 Å². The molecule has 0 saturated carbocycles. The van der Waals surface area contributed by atoms with Crippen LogP contribution in [0, 0.1) is 11.3 Å². The molecule has 1 aromatic carbocycles. The molecule has 0 bridgehead atoms. The van der Waals surface area contributed by atoms with E-state index in [0.717, 1.165) is 41.5 Å². The minimum absolute atomic E-state index is 0.0535. The molecule has 0 saturated heterocycles. The van der Waals surface area contributed by atoms with Gasteiger partial charge in [0.2, 0.25) is 5.91 Å². The molecular formula is C21H20N4O3S. The number of carbonyl (C=O) groups is 1. The molecule has 0 aliphatic heterocycles. The van der Waals surface area contributed by atoms with Gasteiger partial charge in [-0.25, -0.2) is 4.98 Å². The van der Waals surface area contributed by atoms with Crippen LogP contribution in [0.1, 0.15) is 29.7 Å². The molecule has 0 unspecified atom stereocenters. The highest BCUT2D eigenvalue weighted by Crippen LogP contribution is 2.33. The maximum Gasteiger partial charge on any atom is 0.262 e. The molecule has 29 heavy (non-hydrogen) atoms. The highest BCUT2D eigenvalue weighted by molar-refractivity contribution is 7.18. The van der Waals surface area contributed by atoms with Crippen molar-refractivity contribution in [2.75, 3.05) is 11.9 Å². The molecular weight excluding hydrogens is 388 g/mol. The average Bonchev–Trinajstić information content (AvgIpc) is 3.11. The van der Waals surface area contributed by atoms with Crippen LogP contribution in [0.5, 0.6) is 5.75 Å². The number of aromatic nitrogens is 2. The monoisotopic (exact) mass is 408 g/mol. The van der Waals surface area contributed by atoms with Crippen molar-refractivity contribution in [1.82, 2.24) is 9.55 Å². The van der Waals surface area contributed by atoms with Crippen LogP contribution < -0.4 is 15.6 Å². The van der Waals surface area contributed by atoms with E-state index in [2.05, 4.69) is 10.3 Å². The van der Waals surface area contributed by atoms with Crippen molar-refractivity contribution >= 4 is 33.1 Å². The van der Waals surface area contributed by atoms with E-state index in [1.807, 2.05) is 6.07 Å². The van der Waals surface area contributed by atoms with Crippen molar-refractivity contribution in [3.05, 3.63) is 51.4 Å². The van der Waals surface area contributed by atoms with E-state index in [1.54, 1.807) is 35.6 Å². The van der Waals surface area contributed by atoms with Crippen LogP contribution in [-0.4, -0.2) is 22.1 Å². The largest absolute Gasteiger partial charge is 0.479 e. The van der Waals surface area contributed by atoms with Crippen LogP contribution in [0.15, 0.2) is 35.4 Å². The molecule has 3 aromatic rings. The quantitative estimate of drug-likeness (QED) is 0.675. The lowest BCUT2D eigenvalue weighted by atomic mass is 9.97. The number of hydrogen-bond donors (Lipinski definition) is 1. The van der Waals surface area contributed by atoms with Crippen molar-refractivity contribution in [1.29, 1.82) is 5.26 Å². The van der Waals surface area contributed by atoms with E-state index in [9.17, 15) is 9.59 Å². The molecule has 0 spiro atoms. The number of carbonyl (C=O) groups excluding carboxylic acids is 1. The van der Waals surface area contributed by atoms with Gasteiger partial charge in [0, 0.05) is 29.6 Å². The minimum atomic E-state index is -0.207. The third-order valence-corrected chi connectivity index (χ3v) is 6.14. The Kier molecular flexibility index (Phi) is 5.58. The van der Waals surface area contributed by atoms with Gasteiger partial charge in [-0.3, -0.25) is 14.2 Å². The zero-order valence-electron chi connectivity index (χ0n) is 15.8. The van der Waals surface area contributed by atoms with Crippen molar-refractivity contribution in [3.8, 4) is 11.8 Å². The summed E-state index contributed by atoms with van der Waals surface area (Å²) in [6.45, 7) is 0.213. The number of nitriles is 1. The lowest BCUT2D eigenvalue weighted by Crippen LogP contribution is -2.24. The molecule has 1 aliphatic rings. The second kappa shape index (κ2) is 8.45. The third-order valence-electron chi connectivity index (χ3n) is 4.94. The SMILES string of the molecule is N#CCOc1cccc(NC(=O)CCn2cnc3sc4c(c3c2=O)CCCC4)c1. The highest BCUT2D eigenvalue weighted by atomic mass is 32.1. The molecule has 2 aromatic heterocycles. The summed E-state index contributed by atoms with van der Waals surface area (Å²) in [5, 5.41) is 12.1. The third kappa shape index (κ3) is 4.15. The summed E-state index contributed by atoms with van der Waals surface area (Å²) in [4.78, 5) is 31.8. The fourth-order valence-corrected chi connectivity index (χ4v) is 4.78. The zero-order chi connectivity index (χ0) is 20.2. The van der Waals surface area contributed by atoms with Crippen molar-refractivity contribution in [2.24, 2.45) is 0 Å². The first-order valence-electron chi connectivity index (χ1n) is 9.55. The van der Waals surface area contributed by atoms with Crippen LogP contribution in [0.4, 0.5) is 5.69 Å². The fourth-order valence-electron chi connectivity index (χ4n) is 3.57. The second-order valence-electron chi connectivity index (χ2n) is 6.91. The Labute approximate surface area is 171 Å². The van der Waals surface area contributed by atoms with Crippen LogP contribution in [0.25, 0.3) is 10.2 Å². The second-order valence-corrected chi connectivity index (χ2v) is 7.99. The number of fused-ring (bicyclic) bond motifs is 3. The molecule has 0 atom stereocenters. The number of hydrogen-bond acceptors (Lipinski definition) is 6. The summed E-state index contributed by atoms with van der Waals surface area (Å²) in [6, 6.07) is 8.76. The normalized spacial score (nSPS) is 12.9. The maximum absolute atomic E-state index is 12.9. The fraction of sp³-hybridized carbons (Fsp3) is 0.333. The molecule has 0 radical (unpaired) electrons.